The summed E-state index contributed by atoms with van der Waals surface area (Å²) in [6.07, 6.45) is 13.0. The largest absolute Gasteiger partial charge is 0.397 e. The SMILES string of the molecule is Cc1c(N)cncc1-c1nc2cc(Nc3ccc4c(c3)CCC(N3CCCC3)CC4)ncc2s1. The summed E-state index contributed by atoms with van der Waals surface area (Å²) in [6.45, 7) is 4.58. The minimum absolute atomic E-state index is 0.687. The van der Waals surface area contributed by atoms with Gasteiger partial charge in [0.2, 0.25) is 0 Å². The minimum atomic E-state index is 0.687. The van der Waals surface area contributed by atoms with Crippen molar-refractivity contribution in [2.75, 3.05) is 24.1 Å². The van der Waals surface area contributed by atoms with Crippen molar-refractivity contribution >= 4 is 38.7 Å². The van der Waals surface area contributed by atoms with Crippen molar-refractivity contribution in [1.29, 1.82) is 0 Å². The van der Waals surface area contributed by atoms with E-state index in [-0.39, 0.29) is 0 Å². The summed E-state index contributed by atoms with van der Waals surface area (Å²) in [4.78, 5) is 16.5. The van der Waals surface area contributed by atoms with Crippen molar-refractivity contribution < 1.29 is 0 Å². The van der Waals surface area contributed by atoms with E-state index >= 15 is 0 Å². The molecule has 1 aliphatic carbocycles. The monoisotopic (exact) mass is 470 g/mol. The van der Waals surface area contributed by atoms with E-state index in [9.17, 15) is 0 Å². The number of hydrogen-bond acceptors (Lipinski definition) is 7. The Morgan fingerprint density at radius 3 is 2.71 bits per heavy atom. The molecule has 4 heterocycles. The molecule has 0 bridgehead atoms. The van der Waals surface area contributed by atoms with Crippen LogP contribution in [0.2, 0.25) is 0 Å². The Hall–Kier alpha value is -3.03. The van der Waals surface area contributed by atoms with Crippen LogP contribution < -0.4 is 11.1 Å². The molecular weight excluding hydrogens is 440 g/mol. The molecule has 1 aliphatic heterocycles. The Morgan fingerprint density at radius 1 is 1.03 bits per heavy atom. The number of anilines is 3. The van der Waals surface area contributed by atoms with E-state index in [1.807, 2.05) is 25.4 Å². The molecule has 4 aromatic rings. The number of hydrogen-bond donors (Lipinski definition) is 2. The normalized spacial score (nSPS) is 18.7. The van der Waals surface area contributed by atoms with E-state index in [1.54, 1.807) is 17.5 Å². The highest BCUT2D eigenvalue weighted by atomic mass is 32.1. The van der Waals surface area contributed by atoms with Gasteiger partial charge in [-0.2, -0.15) is 0 Å². The fourth-order valence-electron chi connectivity index (χ4n) is 5.36. The van der Waals surface area contributed by atoms with Crippen LogP contribution in [-0.4, -0.2) is 39.0 Å². The number of fused-ring (bicyclic) bond motifs is 2. The lowest BCUT2D eigenvalue weighted by Crippen LogP contribution is -2.32. The van der Waals surface area contributed by atoms with Gasteiger partial charge in [0.25, 0.3) is 0 Å². The summed E-state index contributed by atoms with van der Waals surface area (Å²) in [5.41, 5.74) is 13.7. The second-order valence-electron chi connectivity index (χ2n) is 9.54. The molecule has 2 aliphatic rings. The number of aryl methyl sites for hydroxylation is 2. The average Bonchev–Trinajstić information content (AvgIpc) is 3.47. The third-order valence-corrected chi connectivity index (χ3v) is 8.43. The van der Waals surface area contributed by atoms with Gasteiger partial charge in [-0.25, -0.2) is 9.97 Å². The van der Waals surface area contributed by atoms with E-state index in [0.29, 0.717) is 5.69 Å². The topological polar surface area (TPSA) is 80.0 Å². The van der Waals surface area contributed by atoms with Gasteiger partial charge >= 0.3 is 0 Å². The number of nitrogen functional groups attached to an aromatic ring is 1. The standard InChI is InChI=1S/C27H30N6S/c1-17-22(14-29-15-23(17)28)27-32-24-13-26(30-16-25(24)34-27)31-20-7-4-18-5-8-21(9-6-19(18)12-20)33-10-2-3-11-33/h4,7,12-16,21H,2-3,5-6,8-11,28H2,1H3,(H,30,31). The number of benzene rings is 1. The van der Waals surface area contributed by atoms with Crippen molar-refractivity contribution in [3.05, 3.63) is 59.5 Å². The highest BCUT2D eigenvalue weighted by Gasteiger charge is 2.24. The maximum atomic E-state index is 6.05. The average molecular weight is 471 g/mol. The summed E-state index contributed by atoms with van der Waals surface area (Å²) < 4.78 is 1.05. The van der Waals surface area contributed by atoms with Crippen LogP contribution in [0.3, 0.4) is 0 Å². The van der Waals surface area contributed by atoms with Crippen LogP contribution >= 0.6 is 11.3 Å². The van der Waals surface area contributed by atoms with Gasteiger partial charge < -0.3 is 16.0 Å². The zero-order chi connectivity index (χ0) is 23.1. The molecule has 1 unspecified atom stereocenters. The molecule has 1 fully saturated rings. The Balaban J connectivity index is 1.21. The Bertz CT molecular complexity index is 1340. The van der Waals surface area contributed by atoms with Crippen molar-refractivity contribution in [3.63, 3.8) is 0 Å². The molecular formula is C27H30N6S. The van der Waals surface area contributed by atoms with Crippen molar-refractivity contribution in [2.24, 2.45) is 0 Å². The van der Waals surface area contributed by atoms with Gasteiger partial charge in [0, 0.05) is 35.8 Å². The van der Waals surface area contributed by atoms with Gasteiger partial charge in [0.05, 0.1) is 22.1 Å². The molecule has 1 aromatic carbocycles. The van der Waals surface area contributed by atoms with E-state index in [1.165, 1.54) is 56.3 Å². The number of thiazole rings is 1. The molecule has 3 aromatic heterocycles. The van der Waals surface area contributed by atoms with Crippen LogP contribution in [0.5, 0.6) is 0 Å². The predicted molar refractivity (Wildman–Crippen MR) is 141 cm³/mol. The van der Waals surface area contributed by atoms with E-state index in [4.69, 9.17) is 10.7 Å². The third-order valence-electron chi connectivity index (χ3n) is 7.39. The molecule has 0 saturated carbocycles. The minimum Gasteiger partial charge on any atom is -0.397 e. The van der Waals surface area contributed by atoms with Crippen LogP contribution in [0.1, 0.15) is 42.4 Å². The molecule has 0 amide bonds. The molecule has 0 spiro atoms. The van der Waals surface area contributed by atoms with Crippen molar-refractivity contribution in [2.45, 2.75) is 51.5 Å². The molecule has 174 valence electrons. The van der Waals surface area contributed by atoms with Gasteiger partial charge in [-0.3, -0.25) is 4.98 Å². The summed E-state index contributed by atoms with van der Waals surface area (Å²) in [5.74, 6) is 0.815. The quantitative estimate of drug-likeness (QED) is 0.371. The first-order valence-corrected chi connectivity index (χ1v) is 13.1. The predicted octanol–water partition coefficient (Wildman–Crippen LogP) is 5.73. The van der Waals surface area contributed by atoms with Crippen LogP contribution in [0, 0.1) is 6.92 Å². The molecule has 6 nitrogen and oxygen atoms in total. The molecule has 3 N–H and O–H groups in total. The Morgan fingerprint density at radius 2 is 1.85 bits per heavy atom. The van der Waals surface area contributed by atoms with Gasteiger partial charge in [-0.15, -0.1) is 11.3 Å². The van der Waals surface area contributed by atoms with Gasteiger partial charge in [-0.05, 0) is 87.4 Å². The highest BCUT2D eigenvalue weighted by molar-refractivity contribution is 7.21. The lowest BCUT2D eigenvalue weighted by atomic mass is 10.0. The van der Waals surface area contributed by atoms with Crippen molar-refractivity contribution in [1.82, 2.24) is 19.9 Å². The maximum Gasteiger partial charge on any atom is 0.132 e. The fourth-order valence-corrected chi connectivity index (χ4v) is 6.35. The number of rotatable bonds is 4. The first-order valence-electron chi connectivity index (χ1n) is 12.2. The second kappa shape index (κ2) is 8.96. The number of likely N-dealkylation sites (tertiary alicyclic amines) is 1. The van der Waals surface area contributed by atoms with Crippen molar-refractivity contribution in [3.8, 4) is 10.6 Å². The van der Waals surface area contributed by atoms with Gasteiger partial charge in [0.15, 0.2) is 0 Å². The molecule has 1 saturated heterocycles. The number of nitrogens with one attached hydrogen (secondary N) is 1. The van der Waals surface area contributed by atoms with Crippen LogP contribution in [-0.2, 0) is 12.8 Å². The Labute approximate surface area is 204 Å². The van der Waals surface area contributed by atoms with Gasteiger partial charge in [0.1, 0.15) is 10.8 Å². The highest BCUT2D eigenvalue weighted by Crippen LogP contribution is 2.34. The summed E-state index contributed by atoms with van der Waals surface area (Å²) >= 11 is 1.62. The van der Waals surface area contributed by atoms with E-state index in [2.05, 4.69) is 38.4 Å². The molecule has 34 heavy (non-hydrogen) atoms. The number of nitrogens with zero attached hydrogens (tertiary/aromatic N) is 4. The lowest BCUT2D eigenvalue weighted by molar-refractivity contribution is 0.222. The van der Waals surface area contributed by atoms with Crippen LogP contribution in [0.15, 0.2) is 42.9 Å². The first-order chi connectivity index (χ1) is 16.6. The van der Waals surface area contributed by atoms with E-state index < -0.39 is 0 Å². The zero-order valence-corrected chi connectivity index (χ0v) is 20.4. The number of pyridine rings is 2. The fraction of sp³-hybridized carbons (Fsp3) is 0.370. The molecule has 7 heteroatoms. The summed E-state index contributed by atoms with van der Waals surface area (Å²) in [5, 5.41) is 4.43. The molecule has 6 rings (SSSR count). The Kier molecular flexibility index (Phi) is 5.67. The summed E-state index contributed by atoms with van der Waals surface area (Å²) in [6, 6.07) is 9.59. The van der Waals surface area contributed by atoms with Crippen LogP contribution in [0.25, 0.3) is 20.8 Å². The summed E-state index contributed by atoms with van der Waals surface area (Å²) in [7, 11) is 0. The van der Waals surface area contributed by atoms with Gasteiger partial charge in [-0.1, -0.05) is 6.07 Å². The third kappa shape index (κ3) is 4.14. The second-order valence-corrected chi connectivity index (χ2v) is 10.6. The van der Waals surface area contributed by atoms with E-state index in [0.717, 1.165) is 50.3 Å². The number of nitrogens with two attached hydrogens (primary N) is 1. The molecule has 0 radical (unpaired) electrons. The first kappa shape index (κ1) is 21.5. The smallest absolute Gasteiger partial charge is 0.132 e. The lowest BCUT2D eigenvalue weighted by Gasteiger charge is -2.25. The zero-order valence-electron chi connectivity index (χ0n) is 19.6. The molecule has 1 atom stereocenters. The van der Waals surface area contributed by atoms with Crippen LogP contribution in [0.4, 0.5) is 17.2 Å². The number of aromatic nitrogens is 3. The maximum absolute atomic E-state index is 6.05.